The lowest BCUT2D eigenvalue weighted by atomic mass is 9.88. The maximum atomic E-state index is 12.2. The van der Waals surface area contributed by atoms with Crippen LogP contribution >= 0.6 is 24.2 Å². The smallest absolute Gasteiger partial charge is 0.225 e. The SMILES string of the molecule is CC(C(=O)N1CCCSCC1)C1CNC1.Cl. The van der Waals surface area contributed by atoms with Crippen molar-refractivity contribution in [2.24, 2.45) is 11.8 Å². The zero-order valence-electron chi connectivity index (χ0n) is 9.78. The van der Waals surface area contributed by atoms with Crippen LogP contribution in [0.1, 0.15) is 13.3 Å². The van der Waals surface area contributed by atoms with Crippen LogP contribution in [0.5, 0.6) is 0 Å². The van der Waals surface area contributed by atoms with E-state index < -0.39 is 0 Å². The van der Waals surface area contributed by atoms with Crippen molar-refractivity contribution < 1.29 is 4.79 Å². The van der Waals surface area contributed by atoms with Gasteiger partial charge in [-0.2, -0.15) is 11.8 Å². The maximum Gasteiger partial charge on any atom is 0.225 e. The van der Waals surface area contributed by atoms with Crippen LogP contribution < -0.4 is 5.32 Å². The zero-order chi connectivity index (χ0) is 10.7. The second kappa shape index (κ2) is 6.72. The molecule has 2 heterocycles. The van der Waals surface area contributed by atoms with Crippen molar-refractivity contribution in [3.05, 3.63) is 0 Å². The molecule has 0 spiro atoms. The molecule has 3 nitrogen and oxygen atoms in total. The third-order valence-corrected chi connectivity index (χ3v) is 4.49. The van der Waals surface area contributed by atoms with Crippen LogP contribution in [0.25, 0.3) is 0 Å². The Morgan fingerprint density at radius 3 is 2.75 bits per heavy atom. The molecule has 0 aliphatic carbocycles. The minimum Gasteiger partial charge on any atom is -0.342 e. The Balaban J connectivity index is 0.00000128. The molecule has 0 saturated carbocycles. The van der Waals surface area contributed by atoms with E-state index in [1.165, 1.54) is 5.75 Å². The van der Waals surface area contributed by atoms with Crippen molar-refractivity contribution in [2.45, 2.75) is 13.3 Å². The molecular formula is C11H21ClN2OS. The maximum absolute atomic E-state index is 12.2. The lowest BCUT2D eigenvalue weighted by molar-refractivity contribution is -0.137. The summed E-state index contributed by atoms with van der Waals surface area (Å²) in [4.78, 5) is 14.2. The predicted molar refractivity (Wildman–Crippen MR) is 71.3 cm³/mol. The highest BCUT2D eigenvalue weighted by molar-refractivity contribution is 7.99. The summed E-state index contributed by atoms with van der Waals surface area (Å²) in [6.45, 7) is 6.06. The summed E-state index contributed by atoms with van der Waals surface area (Å²) < 4.78 is 0. The molecule has 1 unspecified atom stereocenters. The summed E-state index contributed by atoms with van der Waals surface area (Å²) in [7, 11) is 0. The average molecular weight is 265 g/mol. The molecule has 0 aromatic rings. The highest BCUT2D eigenvalue weighted by Gasteiger charge is 2.31. The topological polar surface area (TPSA) is 32.3 Å². The van der Waals surface area contributed by atoms with Gasteiger partial charge in [-0.05, 0) is 31.2 Å². The standard InChI is InChI=1S/C11H20N2OS.ClH/c1-9(10-7-12-8-10)11(14)13-3-2-5-15-6-4-13;/h9-10,12H,2-8H2,1H3;1H. The van der Waals surface area contributed by atoms with Crippen molar-refractivity contribution in [1.29, 1.82) is 0 Å². The van der Waals surface area contributed by atoms with E-state index in [9.17, 15) is 4.79 Å². The predicted octanol–water partition coefficient (Wildman–Crippen LogP) is 1.23. The Bertz CT molecular complexity index is 228. The molecule has 16 heavy (non-hydrogen) atoms. The lowest BCUT2D eigenvalue weighted by Gasteiger charge is -2.34. The van der Waals surface area contributed by atoms with Gasteiger partial charge in [-0.3, -0.25) is 4.79 Å². The van der Waals surface area contributed by atoms with Gasteiger partial charge in [0, 0.05) is 24.8 Å². The van der Waals surface area contributed by atoms with Gasteiger partial charge in [0.1, 0.15) is 0 Å². The first kappa shape index (κ1) is 14.1. The highest BCUT2D eigenvalue weighted by atomic mass is 35.5. The van der Waals surface area contributed by atoms with Crippen molar-refractivity contribution in [3.63, 3.8) is 0 Å². The third kappa shape index (κ3) is 3.28. The van der Waals surface area contributed by atoms with Crippen LogP contribution in [0.2, 0.25) is 0 Å². The molecule has 2 rings (SSSR count). The first-order valence-corrected chi connectivity index (χ1v) is 7.02. The van der Waals surface area contributed by atoms with Crippen LogP contribution in [-0.2, 0) is 4.79 Å². The number of rotatable bonds is 2. The number of nitrogens with zero attached hydrogens (tertiary/aromatic N) is 1. The molecule has 2 fully saturated rings. The molecular weight excluding hydrogens is 244 g/mol. The normalized spacial score (nSPS) is 23.9. The molecule has 0 radical (unpaired) electrons. The molecule has 1 amide bonds. The van der Waals surface area contributed by atoms with Crippen LogP contribution in [0, 0.1) is 11.8 Å². The monoisotopic (exact) mass is 264 g/mol. The summed E-state index contributed by atoms with van der Waals surface area (Å²) in [6.07, 6.45) is 1.16. The average Bonchev–Trinajstić information content (AvgIpc) is 2.41. The minimum atomic E-state index is 0. The molecule has 1 atom stereocenters. The van der Waals surface area contributed by atoms with E-state index in [1.54, 1.807) is 0 Å². The number of carbonyl (C=O) groups excluding carboxylic acids is 1. The van der Waals surface area contributed by atoms with Gasteiger partial charge in [-0.15, -0.1) is 12.4 Å². The largest absolute Gasteiger partial charge is 0.342 e. The summed E-state index contributed by atoms with van der Waals surface area (Å²) >= 11 is 1.97. The van der Waals surface area contributed by atoms with E-state index in [0.29, 0.717) is 11.8 Å². The van der Waals surface area contributed by atoms with Crippen molar-refractivity contribution >= 4 is 30.1 Å². The summed E-state index contributed by atoms with van der Waals surface area (Å²) in [5.41, 5.74) is 0. The summed E-state index contributed by atoms with van der Waals surface area (Å²) in [5, 5.41) is 3.24. The van der Waals surface area contributed by atoms with Gasteiger partial charge in [0.05, 0.1) is 0 Å². The Labute approximate surface area is 108 Å². The van der Waals surface area contributed by atoms with Crippen molar-refractivity contribution in [2.75, 3.05) is 37.7 Å². The fraction of sp³-hybridized carbons (Fsp3) is 0.909. The highest BCUT2D eigenvalue weighted by Crippen LogP contribution is 2.20. The zero-order valence-corrected chi connectivity index (χ0v) is 11.4. The van der Waals surface area contributed by atoms with E-state index in [1.807, 2.05) is 11.8 Å². The Kier molecular flexibility index (Phi) is 5.94. The first-order chi connectivity index (χ1) is 7.29. The second-order valence-electron chi connectivity index (χ2n) is 4.50. The number of nitrogens with one attached hydrogen (secondary N) is 1. The Morgan fingerprint density at radius 1 is 1.38 bits per heavy atom. The second-order valence-corrected chi connectivity index (χ2v) is 5.72. The van der Waals surface area contributed by atoms with Crippen LogP contribution in [0.3, 0.4) is 0 Å². The van der Waals surface area contributed by atoms with Gasteiger partial charge >= 0.3 is 0 Å². The van der Waals surface area contributed by atoms with Crippen LogP contribution in [0.15, 0.2) is 0 Å². The third-order valence-electron chi connectivity index (χ3n) is 3.44. The number of carbonyl (C=O) groups is 1. The van der Waals surface area contributed by atoms with E-state index in [-0.39, 0.29) is 18.3 Å². The lowest BCUT2D eigenvalue weighted by Crippen LogP contribution is -2.50. The number of thioether (sulfide) groups is 1. The van der Waals surface area contributed by atoms with E-state index >= 15 is 0 Å². The number of amides is 1. The van der Waals surface area contributed by atoms with Gasteiger partial charge in [0.15, 0.2) is 0 Å². The molecule has 94 valence electrons. The van der Waals surface area contributed by atoms with Crippen LogP contribution in [-0.4, -0.2) is 48.5 Å². The van der Waals surface area contributed by atoms with Gasteiger partial charge in [0.2, 0.25) is 5.91 Å². The molecule has 2 aliphatic heterocycles. The van der Waals surface area contributed by atoms with Gasteiger partial charge in [0.25, 0.3) is 0 Å². The Hall–Kier alpha value is 0.0700. The summed E-state index contributed by atoms with van der Waals surface area (Å²) in [6, 6.07) is 0. The molecule has 2 aliphatic rings. The number of halogens is 1. The molecule has 0 aromatic carbocycles. The quantitative estimate of drug-likeness (QED) is 0.814. The molecule has 5 heteroatoms. The Morgan fingerprint density at radius 2 is 2.12 bits per heavy atom. The molecule has 1 N–H and O–H groups in total. The number of hydrogen-bond acceptors (Lipinski definition) is 3. The molecule has 2 saturated heterocycles. The molecule has 0 aromatic heterocycles. The van der Waals surface area contributed by atoms with Crippen molar-refractivity contribution in [3.8, 4) is 0 Å². The fourth-order valence-corrected chi connectivity index (χ4v) is 3.01. The van der Waals surface area contributed by atoms with E-state index in [2.05, 4.69) is 17.1 Å². The number of hydrogen-bond donors (Lipinski definition) is 1. The minimum absolute atomic E-state index is 0. The first-order valence-electron chi connectivity index (χ1n) is 5.86. The molecule has 0 bridgehead atoms. The van der Waals surface area contributed by atoms with Gasteiger partial charge in [-0.25, -0.2) is 0 Å². The van der Waals surface area contributed by atoms with E-state index in [0.717, 1.165) is 38.4 Å². The van der Waals surface area contributed by atoms with Gasteiger partial charge in [-0.1, -0.05) is 6.92 Å². The fourth-order valence-electron chi connectivity index (χ4n) is 2.12. The van der Waals surface area contributed by atoms with E-state index in [4.69, 9.17) is 0 Å². The van der Waals surface area contributed by atoms with Crippen molar-refractivity contribution in [1.82, 2.24) is 10.2 Å². The van der Waals surface area contributed by atoms with Gasteiger partial charge < -0.3 is 10.2 Å². The van der Waals surface area contributed by atoms with Crippen LogP contribution in [0.4, 0.5) is 0 Å². The summed E-state index contributed by atoms with van der Waals surface area (Å²) in [5.74, 6) is 3.50.